The Hall–Kier alpha value is -2.86. The monoisotopic (exact) mass is 441 g/mol. The van der Waals surface area contributed by atoms with Crippen molar-refractivity contribution in [2.24, 2.45) is 0 Å². The standard InChI is InChI=1S/C26H32FNO4/c1-5-26(4,15-7-10-21(31)32)23-22-19(8-6-9-20(22)30)28(24(23)25(2,3)16-29)18-13-11-17(27)12-14-18/h6,8-9,11-14,29-30H,5,7,10,15-16H2,1-4H3,(H,31,32)/t26-/m0/s1. The van der Waals surface area contributed by atoms with E-state index in [2.05, 4.69) is 13.8 Å². The first kappa shape index (κ1) is 23.8. The van der Waals surface area contributed by atoms with Crippen molar-refractivity contribution in [3.63, 3.8) is 0 Å². The Balaban J connectivity index is 2.42. The fraction of sp³-hybridized carbons (Fsp3) is 0.423. The van der Waals surface area contributed by atoms with Crippen molar-refractivity contribution >= 4 is 16.9 Å². The molecular weight excluding hydrogens is 409 g/mol. The maximum atomic E-state index is 13.7. The molecule has 1 heterocycles. The van der Waals surface area contributed by atoms with Crippen molar-refractivity contribution in [1.82, 2.24) is 4.57 Å². The average molecular weight is 442 g/mol. The number of phenolic OH excluding ortho intramolecular Hbond substituents is 1. The number of nitrogens with zero attached hydrogens (tertiary/aromatic N) is 1. The number of halogens is 1. The lowest BCUT2D eigenvalue weighted by atomic mass is 9.71. The molecule has 32 heavy (non-hydrogen) atoms. The minimum absolute atomic E-state index is 0.0664. The van der Waals surface area contributed by atoms with Gasteiger partial charge in [-0.15, -0.1) is 0 Å². The van der Waals surface area contributed by atoms with Crippen LogP contribution in [-0.2, 0) is 15.6 Å². The van der Waals surface area contributed by atoms with Crippen LogP contribution in [0.15, 0.2) is 42.5 Å². The summed E-state index contributed by atoms with van der Waals surface area (Å²) in [6, 6.07) is 11.5. The molecule has 1 aromatic heterocycles. The number of phenols is 1. The van der Waals surface area contributed by atoms with Gasteiger partial charge in [0.2, 0.25) is 0 Å². The number of aromatic nitrogens is 1. The van der Waals surface area contributed by atoms with E-state index < -0.39 is 16.8 Å². The van der Waals surface area contributed by atoms with Gasteiger partial charge in [0.25, 0.3) is 0 Å². The van der Waals surface area contributed by atoms with Crippen molar-refractivity contribution in [1.29, 1.82) is 0 Å². The van der Waals surface area contributed by atoms with Crippen LogP contribution in [-0.4, -0.2) is 32.5 Å². The molecule has 0 aliphatic heterocycles. The van der Waals surface area contributed by atoms with E-state index in [4.69, 9.17) is 5.11 Å². The topological polar surface area (TPSA) is 82.7 Å². The first-order chi connectivity index (χ1) is 15.1. The third-order valence-electron chi connectivity index (χ3n) is 6.60. The summed E-state index contributed by atoms with van der Waals surface area (Å²) in [5.74, 6) is -1.05. The molecule has 1 atom stereocenters. The van der Waals surface area contributed by atoms with Gasteiger partial charge in [0.1, 0.15) is 11.6 Å². The normalized spacial score (nSPS) is 13.9. The molecule has 0 saturated carbocycles. The SMILES string of the molecule is CC[C@@](C)(CCCC(=O)O)c1c(C(C)(C)CO)n(-c2ccc(F)cc2)c2cccc(O)c12. The van der Waals surface area contributed by atoms with Gasteiger partial charge in [-0.25, -0.2) is 4.39 Å². The van der Waals surface area contributed by atoms with Gasteiger partial charge in [0, 0.05) is 28.6 Å². The lowest BCUT2D eigenvalue weighted by molar-refractivity contribution is -0.137. The zero-order valence-electron chi connectivity index (χ0n) is 19.2. The molecule has 172 valence electrons. The Morgan fingerprint density at radius 3 is 2.31 bits per heavy atom. The molecular formula is C26H32FNO4. The summed E-state index contributed by atoms with van der Waals surface area (Å²) >= 11 is 0. The summed E-state index contributed by atoms with van der Waals surface area (Å²) in [6.45, 7) is 7.89. The van der Waals surface area contributed by atoms with Crippen molar-refractivity contribution < 1.29 is 24.5 Å². The van der Waals surface area contributed by atoms with Crippen LogP contribution in [0.3, 0.4) is 0 Å². The Morgan fingerprint density at radius 1 is 1.09 bits per heavy atom. The average Bonchev–Trinajstić information content (AvgIpc) is 3.12. The predicted octanol–water partition coefficient (Wildman–Crippen LogP) is 5.67. The molecule has 0 unspecified atom stereocenters. The molecule has 3 N–H and O–H groups in total. The minimum atomic E-state index is -0.837. The largest absolute Gasteiger partial charge is 0.507 e. The quantitative estimate of drug-likeness (QED) is 0.400. The number of aliphatic hydroxyl groups excluding tert-OH is 1. The van der Waals surface area contributed by atoms with Crippen molar-refractivity contribution in [3.8, 4) is 11.4 Å². The van der Waals surface area contributed by atoms with Crippen molar-refractivity contribution in [2.75, 3.05) is 6.61 Å². The Bertz CT molecular complexity index is 1120. The van der Waals surface area contributed by atoms with Crippen molar-refractivity contribution in [2.45, 2.75) is 64.2 Å². The van der Waals surface area contributed by atoms with E-state index >= 15 is 0 Å². The Kier molecular flexibility index (Phi) is 6.65. The fourth-order valence-electron chi connectivity index (χ4n) is 4.59. The molecule has 5 nitrogen and oxygen atoms in total. The summed E-state index contributed by atoms with van der Waals surface area (Å²) in [5.41, 5.74) is 2.11. The highest BCUT2D eigenvalue weighted by atomic mass is 19.1. The smallest absolute Gasteiger partial charge is 0.303 e. The van der Waals surface area contributed by atoms with Gasteiger partial charge in [-0.3, -0.25) is 4.79 Å². The number of fused-ring (bicyclic) bond motifs is 1. The number of carboxylic acid groups (broad SMARTS) is 1. The third kappa shape index (κ3) is 4.24. The molecule has 0 amide bonds. The van der Waals surface area contributed by atoms with Gasteiger partial charge in [-0.05, 0) is 66.6 Å². The van der Waals surface area contributed by atoms with Crippen LogP contribution in [0.4, 0.5) is 4.39 Å². The Morgan fingerprint density at radius 2 is 1.75 bits per heavy atom. The van der Waals surface area contributed by atoms with E-state index in [9.17, 15) is 19.4 Å². The molecule has 3 rings (SSSR count). The summed E-state index contributed by atoms with van der Waals surface area (Å²) in [4.78, 5) is 11.2. The van der Waals surface area contributed by atoms with Gasteiger partial charge in [-0.2, -0.15) is 0 Å². The number of aliphatic carboxylic acids is 1. The van der Waals surface area contributed by atoms with E-state index in [1.165, 1.54) is 12.1 Å². The molecule has 2 aromatic carbocycles. The highest BCUT2D eigenvalue weighted by Crippen LogP contribution is 2.48. The second-order valence-corrected chi connectivity index (χ2v) is 9.41. The Labute approximate surface area is 188 Å². The molecule has 3 aromatic rings. The molecule has 0 bridgehead atoms. The molecule has 0 aliphatic rings. The minimum Gasteiger partial charge on any atom is -0.507 e. The zero-order chi connectivity index (χ0) is 23.7. The number of rotatable bonds is 9. The third-order valence-corrected chi connectivity index (χ3v) is 6.60. The maximum Gasteiger partial charge on any atom is 0.303 e. The van der Waals surface area contributed by atoms with Crippen LogP contribution in [0.5, 0.6) is 5.75 Å². The van der Waals surface area contributed by atoms with Crippen LogP contribution in [0.1, 0.15) is 64.6 Å². The molecule has 0 fully saturated rings. The molecule has 0 radical (unpaired) electrons. The zero-order valence-corrected chi connectivity index (χ0v) is 19.2. The first-order valence-corrected chi connectivity index (χ1v) is 11.0. The molecule has 0 saturated heterocycles. The fourth-order valence-corrected chi connectivity index (χ4v) is 4.59. The van der Waals surface area contributed by atoms with Crippen LogP contribution >= 0.6 is 0 Å². The molecule has 0 spiro atoms. The van der Waals surface area contributed by atoms with Crippen LogP contribution in [0.25, 0.3) is 16.6 Å². The van der Waals surface area contributed by atoms with E-state index in [0.717, 1.165) is 28.9 Å². The van der Waals surface area contributed by atoms with Gasteiger partial charge < -0.3 is 19.9 Å². The van der Waals surface area contributed by atoms with Crippen LogP contribution in [0.2, 0.25) is 0 Å². The van der Waals surface area contributed by atoms with E-state index in [1.807, 2.05) is 24.5 Å². The number of aliphatic hydroxyl groups is 1. The molecule has 0 aliphatic carbocycles. The van der Waals surface area contributed by atoms with Gasteiger partial charge in [-0.1, -0.05) is 33.8 Å². The van der Waals surface area contributed by atoms with E-state index in [-0.39, 0.29) is 24.6 Å². The second kappa shape index (κ2) is 8.94. The number of hydrogen-bond acceptors (Lipinski definition) is 3. The van der Waals surface area contributed by atoms with E-state index in [1.54, 1.807) is 24.3 Å². The van der Waals surface area contributed by atoms with Gasteiger partial charge in [0.15, 0.2) is 0 Å². The number of carboxylic acids is 1. The lowest BCUT2D eigenvalue weighted by Crippen LogP contribution is -2.32. The summed E-state index contributed by atoms with van der Waals surface area (Å²) < 4.78 is 15.7. The lowest BCUT2D eigenvalue weighted by Gasteiger charge is -2.35. The number of benzene rings is 2. The summed E-state index contributed by atoms with van der Waals surface area (Å²) in [7, 11) is 0. The highest BCUT2D eigenvalue weighted by molar-refractivity contribution is 5.94. The highest BCUT2D eigenvalue weighted by Gasteiger charge is 2.39. The maximum absolute atomic E-state index is 13.7. The number of aromatic hydroxyl groups is 1. The van der Waals surface area contributed by atoms with Crippen LogP contribution < -0.4 is 0 Å². The second-order valence-electron chi connectivity index (χ2n) is 9.41. The van der Waals surface area contributed by atoms with Gasteiger partial charge >= 0.3 is 5.97 Å². The van der Waals surface area contributed by atoms with Crippen LogP contribution in [0, 0.1) is 5.82 Å². The summed E-state index contributed by atoms with van der Waals surface area (Å²) in [5, 5.41) is 31.2. The number of carbonyl (C=O) groups is 1. The predicted molar refractivity (Wildman–Crippen MR) is 124 cm³/mol. The van der Waals surface area contributed by atoms with Gasteiger partial charge in [0.05, 0.1) is 12.1 Å². The first-order valence-electron chi connectivity index (χ1n) is 11.0. The number of hydrogen-bond donors (Lipinski definition) is 3. The molecule has 6 heteroatoms. The van der Waals surface area contributed by atoms with E-state index in [0.29, 0.717) is 18.2 Å². The van der Waals surface area contributed by atoms with Crippen molar-refractivity contribution in [3.05, 3.63) is 59.5 Å². The summed E-state index contributed by atoms with van der Waals surface area (Å²) in [6.07, 6.45) is 1.89.